The molecule has 0 saturated heterocycles. The van der Waals surface area contributed by atoms with Crippen molar-refractivity contribution >= 4 is 23.7 Å². The second kappa shape index (κ2) is 3.41. The first-order valence-corrected chi connectivity index (χ1v) is 4.07. The summed E-state index contributed by atoms with van der Waals surface area (Å²) in [4.78, 5) is 3.94. The van der Waals surface area contributed by atoms with Crippen molar-refractivity contribution in [1.82, 2.24) is 4.98 Å². The van der Waals surface area contributed by atoms with Gasteiger partial charge in [0.1, 0.15) is 12.1 Å². The molecule has 0 atom stereocenters. The van der Waals surface area contributed by atoms with E-state index in [0.717, 1.165) is 0 Å². The van der Waals surface area contributed by atoms with E-state index in [1.54, 1.807) is 12.1 Å². The summed E-state index contributed by atoms with van der Waals surface area (Å²) >= 11 is 0. The number of nitrogens with zero attached hydrogens (tertiary/aromatic N) is 1. The fourth-order valence-corrected chi connectivity index (χ4v) is 1.29. The zero-order chi connectivity index (χ0) is 10.1. The molecular weight excluding hydrogens is 185 g/mol. The van der Waals surface area contributed by atoms with Crippen LogP contribution in [0.4, 0.5) is 0 Å². The topological polar surface area (TPSA) is 86.7 Å². The Morgan fingerprint density at radius 2 is 2.14 bits per heavy atom. The zero-order valence-corrected chi connectivity index (χ0v) is 7.21. The number of hydrogen-bond donors (Lipinski definition) is 3. The molecule has 2 rings (SSSR count). The number of aromatic nitrogens is 1. The summed E-state index contributed by atoms with van der Waals surface area (Å²) < 4.78 is 5.13. The molecule has 0 radical (unpaired) electrons. The molecule has 0 aliphatic carbocycles. The number of fused-ring (bicyclic) bond motifs is 1. The molecular formula is C8H8BNO4. The van der Waals surface area contributed by atoms with Gasteiger partial charge < -0.3 is 19.6 Å². The van der Waals surface area contributed by atoms with Gasteiger partial charge in [0.05, 0.1) is 0 Å². The van der Waals surface area contributed by atoms with Gasteiger partial charge in [-0.15, -0.1) is 0 Å². The van der Waals surface area contributed by atoms with Gasteiger partial charge in [-0.3, -0.25) is 0 Å². The third-order valence-corrected chi connectivity index (χ3v) is 1.90. The van der Waals surface area contributed by atoms with Gasteiger partial charge in [0, 0.05) is 5.46 Å². The van der Waals surface area contributed by atoms with Crippen LogP contribution < -0.4 is 5.46 Å². The van der Waals surface area contributed by atoms with Crippen molar-refractivity contribution in [2.75, 3.05) is 0 Å². The molecule has 0 amide bonds. The quantitative estimate of drug-likeness (QED) is 0.532. The van der Waals surface area contributed by atoms with Crippen LogP contribution in [0.2, 0.25) is 0 Å². The molecule has 0 unspecified atom stereocenters. The maximum absolute atomic E-state index is 9.01. The van der Waals surface area contributed by atoms with Gasteiger partial charge in [0.25, 0.3) is 0 Å². The molecule has 5 nitrogen and oxygen atoms in total. The predicted molar refractivity (Wildman–Crippen MR) is 49.8 cm³/mol. The number of benzene rings is 1. The maximum Gasteiger partial charge on any atom is 0.492 e. The van der Waals surface area contributed by atoms with Gasteiger partial charge in [-0.25, -0.2) is 4.98 Å². The summed E-state index contributed by atoms with van der Waals surface area (Å²) in [5.41, 5.74) is 1.04. The van der Waals surface area contributed by atoms with Gasteiger partial charge in [-0.1, -0.05) is 12.1 Å². The number of aliphatic hydroxyl groups is 1. The second-order valence-electron chi connectivity index (χ2n) is 2.83. The summed E-state index contributed by atoms with van der Waals surface area (Å²) in [6.07, 6.45) is 0. The number of aliphatic hydroxyl groups excluding tert-OH is 1. The highest BCUT2D eigenvalue weighted by molar-refractivity contribution is 6.61. The Morgan fingerprint density at radius 1 is 1.36 bits per heavy atom. The lowest BCUT2D eigenvalue weighted by molar-refractivity contribution is 0.244. The molecule has 72 valence electrons. The Morgan fingerprint density at radius 3 is 2.79 bits per heavy atom. The van der Waals surface area contributed by atoms with Crippen molar-refractivity contribution in [2.24, 2.45) is 0 Å². The minimum absolute atomic E-state index is 0.160. The number of oxazole rings is 1. The molecule has 3 N–H and O–H groups in total. The Balaban J connectivity index is 2.66. The highest BCUT2D eigenvalue weighted by Gasteiger charge is 2.18. The van der Waals surface area contributed by atoms with Crippen LogP contribution in [0.25, 0.3) is 11.1 Å². The fraction of sp³-hybridized carbons (Fsp3) is 0.125. The molecule has 0 aliphatic rings. The van der Waals surface area contributed by atoms with Crippen LogP contribution in [0.5, 0.6) is 0 Å². The van der Waals surface area contributed by atoms with Crippen LogP contribution in [0.3, 0.4) is 0 Å². The number of rotatable bonds is 2. The largest absolute Gasteiger partial charge is 0.492 e. The van der Waals surface area contributed by atoms with Crippen molar-refractivity contribution in [3.63, 3.8) is 0 Å². The second-order valence-corrected chi connectivity index (χ2v) is 2.83. The van der Waals surface area contributed by atoms with Crippen LogP contribution >= 0.6 is 0 Å². The minimum Gasteiger partial charge on any atom is -0.439 e. The van der Waals surface area contributed by atoms with Gasteiger partial charge >= 0.3 is 7.12 Å². The summed E-state index contributed by atoms with van der Waals surface area (Å²) in [5, 5.41) is 26.8. The molecule has 0 saturated carbocycles. The van der Waals surface area contributed by atoms with E-state index >= 15 is 0 Å². The van der Waals surface area contributed by atoms with E-state index in [9.17, 15) is 0 Å². The number of hydrogen-bond acceptors (Lipinski definition) is 5. The molecule has 2 aromatic rings. The summed E-state index contributed by atoms with van der Waals surface area (Å²) in [6.45, 7) is -0.310. The van der Waals surface area contributed by atoms with Gasteiger partial charge in [0.2, 0.25) is 5.89 Å². The lowest BCUT2D eigenvalue weighted by Crippen LogP contribution is -2.30. The van der Waals surface area contributed by atoms with E-state index in [2.05, 4.69) is 4.98 Å². The van der Waals surface area contributed by atoms with E-state index in [1.165, 1.54) is 6.07 Å². The van der Waals surface area contributed by atoms with E-state index in [-0.39, 0.29) is 18.0 Å². The van der Waals surface area contributed by atoms with Crippen molar-refractivity contribution in [3.05, 3.63) is 24.1 Å². The van der Waals surface area contributed by atoms with Crippen LogP contribution in [0.1, 0.15) is 5.89 Å². The van der Waals surface area contributed by atoms with Crippen molar-refractivity contribution in [2.45, 2.75) is 6.61 Å². The average Bonchev–Trinajstić information content (AvgIpc) is 2.59. The van der Waals surface area contributed by atoms with Gasteiger partial charge in [0.15, 0.2) is 5.58 Å². The molecule has 1 heterocycles. The molecule has 1 aromatic carbocycles. The summed E-state index contributed by atoms with van der Waals surface area (Å²) in [6, 6.07) is 4.84. The smallest absolute Gasteiger partial charge is 0.439 e. The van der Waals surface area contributed by atoms with E-state index in [1.807, 2.05) is 0 Å². The summed E-state index contributed by atoms with van der Waals surface area (Å²) in [5.74, 6) is 0.160. The first-order chi connectivity index (χ1) is 6.72. The third-order valence-electron chi connectivity index (χ3n) is 1.90. The van der Waals surface area contributed by atoms with Gasteiger partial charge in [-0.05, 0) is 6.07 Å². The van der Waals surface area contributed by atoms with Crippen LogP contribution in [-0.4, -0.2) is 27.3 Å². The van der Waals surface area contributed by atoms with E-state index in [0.29, 0.717) is 11.1 Å². The Hall–Kier alpha value is -1.37. The third kappa shape index (κ3) is 1.39. The van der Waals surface area contributed by atoms with Crippen molar-refractivity contribution in [1.29, 1.82) is 0 Å². The Bertz CT molecular complexity index is 454. The number of para-hydroxylation sites is 1. The fourth-order valence-electron chi connectivity index (χ4n) is 1.29. The van der Waals surface area contributed by atoms with E-state index < -0.39 is 7.12 Å². The SMILES string of the molecule is OCc1nc2cccc(B(O)O)c2o1. The van der Waals surface area contributed by atoms with Gasteiger partial charge in [-0.2, -0.15) is 0 Å². The zero-order valence-electron chi connectivity index (χ0n) is 7.21. The molecule has 0 bridgehead atoms. The Kier molecular flexibility index (Phi) is 2.24. The average molecular weight is 193 g/mol. The molecule has 14 heavy (non-hydrogen) atoms. The first kappa shape index (κ1) is 9.20. The molecule has 0 fully saturated rings. The van der Waals surface area contributed by atoms with E-state index in [4.69, 9.17) is 19.6 Å². The first-order valence-electron chi connectivity index (χ1n) is 4.07. The molecule has 1 aromatic heterocycles. The lowest BCUT2D eigenvalue weighted by atomic mass is 9.80. The standard InChI is InChI=1S/C8H8BNO4/c11-4-7-10-6-3-1-2-5(9(12)13)8(6)14-7/h1-3,11-13H,4H2. The molecule has 0 aliphatic heterocycles. The Labute approximate surface area is 79.8 Å². The van der Waals surface area contributed by atoms with Crippen molar-refractivity contribution < 1.29 is 19.6 Å². The monoisotopic (exact) mass is 193 g/mol. The van der Waals surface area contributed by atoms with Crippen LogP contribution in [-0.2, 0) is 6.61 Å². The lowest BCUT2D eigenvalue weighted by Gasteiger charge is -1.97. The summed E-state index contributed by atoms with van der Waals surface area (Å²) in [7, 11) is -1.60. The maximum atomic E-state index is 9.01. The highest BCUT2D eigenvalue weighted by atomic mass is 16.4. The predicted octanol–water partition coefficient (Wildman–Crippen LogP) is -1.00. The van der Waals surface area contributed by atoms with Crippen molar-refractivity contribution in [3.8, 4) is 0 Å². The molecule has 0 spiro atoms. The normalized spacial score (nSPS) is 10.8. The highest BCUT2D eigenvalue weighted by Crippen LogP contribution is 2.13. The van der Waals surface area contributed by atoms with Crippen LogP contribution in [0, 0.1) is 0 Å². The minimum atomic E-state index is -1.60. The van der Waals surface area contributed by atoms with Crippen LogP contribution in [0.15, 0.2) is 22.6 Å². The molecule has 6 heteroatoms.